The summed E-state index contributed by atoms with van der Waals surface area (Å²) in [4.78, 5) is 2.61. The Morgan fingerprint density at radius 2 is 1.87 bits per heavy atom. The van der Waals surface area contributed by atoms with Crippen molar-refractivity contribution >= 4 is 0 Å². The highest BCUT2D eigenvalue weighted by molar-refractivity contribution is 4.80. The van der Waals surface area contributed by atoms with Crippen LogP contribution in [0.4, 0.5) is 0 Å². The summed E-state index contributed by atoms with van der Waals surface area (Å²) in [6.45, 7) is 8.21. The van der Waals surface area contributed by atoms with Crippen molar-refractivity contribution in [2.24, 2.45) is 5.73 Å². The van der Waals surface area contributed by atoms with E-state index in [-0.39, 0.29) is 0 Å². The summed E-state index contributed by atoms with van der Waals surface area (Å²) in [6.07, 6.45) is 4.81. The summed E-state index contributed by atoms with van der Waals surface area (Å²) in [5, 5.41) is 0. The molecule has 0 atom stereocenters. The van der Waals surface area contributed by atoms with E-state index in [0.717, 1.165) is 26.3 Å². The zero-order valence-electron chi connectivity index (χ0n) is 10.2. The highest BCUT2D eigenvalue weighted by Gasteiger charge is 2.25. The molecule has 15 heavy (non-hydrogen) atoms. The Bertz CT molecular complexity index is 154. The summed E-state index contributed by atoms with van der Waals surface area (Å²) >= 11 is 0. The van der Waals surface area contributed by atoms with Gasteiger partial charge in [-0.15, -0.1) is 0 Å². The van der Waals surface area contributed by atoms with Crippen molar-refractivity contribution in [2.75, 3.05) is 26.3 Å². The summed E-state index contributed by atoms with van der Waals surface area (Å²) in [6, 6.07) is 1.41. The van der Waals surface area contributed by atoms with Gasteiger partial charge in [-0.2, -0.15) is 0 Å². The van der Waals surface area contributed by atoms with Gasteiger partial charge in [-0.05, 0) is 25.7 Å². The van der Waals surface area contributed by atoms with Gasteiger partial charge in [-0.3, -0.25) is 4.90 Å². The molecule has 0 bridgehead atoms. The number of nitrogens with two attached hydrogens (primary N) is 1. The average Bonchev–Trinajstić information content (AvgIpc) is 2.30. The predicted molar refractivity (Wildman–Crippen MR) is 64.0 cm³/mol. The molecule has 0 spiro atoms. The molecule has 1 rings (SSSR count). The molecule has 90 valence electrons. The van der Waals surface area contributed by atoms with Gasteiger partial charge >= 0.3 is 0 Å². The molecule has 0 aromatic heterocycles. The van der Waals surface area contributed by atoms with Gasteiger partial charge < -0.3 is 10.5 Å². The Morgan fingerprint density at radius 1 is 1.27 bits per heavy atom. The van der Waals surface area contributed by atoms with Crippen molar-refractivity contribution in [3.8, 4) is 0 Å². The van der Waals surface area contributed by atoms with Crippen LogP contribution in [-0.4, -0.2) is 43.3 Å². The van der Waals surface area contributed by atoms with E-state index in [4.69, 9.17) is 10.5 Å². The fourth-order valence-electron chi connectivity index (χ4n) is 2.59. The lowest BCUT2D eigenvalue weighted by Crippen LogP contribution is -2.47. The van der Waals surface area contributed by atoms with E-state index in [1.165, 1.54) is 25.7 Å². The van der Waals surface area contributed by atoms with Crippen molar-refractivity contribution < 1.29 is 4.74 Å². The maximum atomic E-state index is 5.71. The molecule has 3 heteroatoms. The Morgan fingerprint density at radius 3 is 2.33 bits per heavy atom. The Labute approximate surface area is 94.0 Å². The summed E-state index contributed by atoms with van der Waals surface area (Å²) in [5.41, 5.74) is 5.71. The minimum absolute atomic E-state index is 0.701. The van der Waals surface area contributed by atoms with Gasteiger partial charge in [0.25, 0.3) is 0 Å². The number of nitrogens with zero attached hydrogens (tertiary/aromatic N) is 1. The van der Waals surface area contributed by atoms with Gasteiger partial charge in [0.15, 0.2) is 0 Å². The molecule has 3 nitrogen and oxygen atoms in total. The number of hydrogen-bond acceptors (Lipinski definition) is 3. The standard InChI is InChI=1S/C12H26N2O/c1-3-11(4-2)14(8-7-13)12-5-9-15-10-6-12/h11-12H,3-10,13H2,1-2H3. The third-order valence-corrected chi connectivity index (χ3v) is 3.46. The number of hydrogen-bond donors (Lipinski definition) is 1. The second kappa shape index (κ2) is 7.20. The van der Waals surface area contributed by atoms with Crippen LogP contribution in [0.15, 0.2) is 0 Å². The minimum atomic E-state index is 0.701. The maximum absolute atomic E-state index is 5.71. The third kappa shape index (κ3) is 3.74. The zero-order chi connectivity index (χ0) is 11.1. The van der Waals surface area contributed by atoms with Gasteiger partial charge in [0, 0.05) is 38.4 Å². The van der Waals surface area contributed by atoms with Crippen LogP contribution in [0.2, 0.25) is 0 Å². The highest BCUT2D eigenvalue weighted by Crippen LogP contribution is 2.19. The van der Waals surface area contributed by atoms with E-state index < -0.39 is 0 Å². The fourth-order valence-corrected chi connectivity index (χ4v) is 2.59. The second-order valence-electron chi connectivity index (χ2n) is 4.34. The quantitative estimate of drug-likeness (QED) is 0.730. The lowest BCUT2D eigenvalue weighted by atomic mass is 10.0. The van der Waals surface area contributed by atoms with Crippen molar-refractivity contribution in [2.45, 2.75) is 51.6 Å². The number of rotatable bonds is 6. The van der Waals surface area contributed by atoms with E-state index in [0.29, 0.717) is 12.1 Å². The normalized spacial score (nSPS) is 19.0. The first-order chi connectivity index (χ1) is 7.33. The van der Waals surface area contributed by atoms with E-state index in [9.17, 15) is 0 Å². The largest absolute Gasteiger partial charge is 0.381 e. The second-order valence-corrected chi connectivity index (χ2v) is 4.34. The van der Waals surface area contributed by atoms with E-state index in [2.05, 4.69) is 18.7 Å². The average molecular weight is 214 g/mol. The van der Waals surface area contributed by atoms with Crippen molar-refractivity contribution in [1.29, 1.82) is 0 Å². The molecule has 1 aliphatic heterocycles. The lowest BCUT2D eigenvalue weighted by Gasteiger charge is -2.39. The monoisotopic (exact) mass is 214 g/mol. The molecular formula is C12H26N2O. The van der Waals surface area contributed by atoms with Crippen molar-refractivity contribution in [3.05, 3.63) is 0 Å². The first kappa shape index (κ1) is 12.9. The lowest BCUT2D eigenvalue weighted by molar-refractivity contribution is 0.0163. The van der Waals surface area contributed by atoms with Gasteiger partial charge in [0.1, 0.15) is 0 Å². The van der Waals surface area contributed by atoms with Gasteiger partial charge in [-0.1, -0.05) is 13.8 Å². The van der Waals surface area contributed by atoms with E-state index in [1.54, 1.807) is 0 Å². The summed E-state index contributed by atoms with van der Waals surface area (Å²) in [5.74, 6) is 0. The molecule has 1 saturated heterocycles. The molecule has 2 N–H and O–H groups in total. The Balaban J connectivity index is 2.53. The minimum Gasteiger partial charge on any atom is -0.381 e. The zero-order valence-corrected chi connectivity index (χ0v) is 10.2. The topological polar surface area (TPSA) is 38.5 Å². The highest BCUT2D eigenvalue weighted by atomic mass is 16.5. The van der Waals surface area contributed by atoms with E-state index >= 15 is 0 Å². The first-order valence-corrected chi connectivity index (χ1v) is 6.37. The van der Waals surface area contributed by atoms with Gasteiger partial charge in [0.2, 0.25) is 0 Å². The van der Waals surface area contributed by atoms with Gasteiger partial charge in [-0.25, -0.2) is 0 Å². The molecule has 0 aromatic carbocycles. The fraction of sp³-hybridized carbons (Fsp3) is 1.00. The summed E-state index contributed by atoms with van der Waals surface area (Å²) < 4.78 is 5.42. The van der Waals surface area contributed by atoms with Gasteiger partial charge in [0.05, 0.1) is 0 Å². The molecule has 0 aliphatic carbocycles. The smallest absolute Gasteiger partial charge is 0.0480 e. The van der Waals surface area contributed by atoms with Crippen LogP contribution < -0.4 is 5.73 Å². The molecule has 1 fully saturated rings. The third-order valence-electron chi connectivity index (χ3n) is 3.46. The summed E-state index contributed by atoms with van der Waals surface area (Å²) in [7, 11) is 0. The molecule has 0 amide bonds. The predicted octanol–water partition coefficient (Wildman–Crippen LogP) is 1.61. The maximum Gasteiger partial charge on any atom is 0.0480 e. The van der Waals surface area contributed by atoms with Crippen molar-refractivity contribution in [1.82, 2.24) is 4.90 Å². The van der Waals surface area contributed by atoms with E-state index in [1.807, 2.05) is 0 Å². The Hall–Kier alpha value is -0.120. The molecule has 0 saturated carbocycles. The molecule has 1 aliphatic rings. The van der Waals surface area contributed by atoms with Crippen LogP contribution in [0.25, 0.3) is 0 Å². The number of ether oxygens (including phenoxy) is 1. The SMILES string of the molecule is CCC(CC)N(CCN)C1CCOCC1. The molecule has 0 aromatic rings. The van der Waals surface area contributed by atoms with Crippen LogP contribution >= 0.6 is 0 Å². The molecule has 1 heterocycles. The first-order valence-electron chi connectivity index (χ1n) is 6.37. The molecular weight excluding hydrogens is 188 g/mol. The van der Waals surface area contributed by atoms with Crippen LogP contribution in [-0.2, 0) is 4.74 Å². The van der Waals surface area contributed by atoms with Crippen molar-refractivity contribution in [3.63, 3.8) is 0 Å². The molecule has 0 radical (unpaired) electrons. The van der Waals surface area contributed by atoms with Crippen LogP contribution in [0.5, 0.6) is 0 Å². The Kier molecular flexibility index (Phi) is 6.22. The van der Waals surface area contributed by atoms with Crippen LogP contribution in [0.1, 0.15) is 39.5 Å². The van der Waals surface area contributed by atoms with Crippen LogP contribution in [0.3, 0.4) is 0 Å². The molecule has 0 unspecified atom stereocenters. The van der Waals surface area contributed by atoms with Crippen LogP contribution in [0, 0.1) is 0 Å².